The van der Waals surface area contributed by atoms with Crippen molar-refractivity contribution in [2.45, 2.75) is 64.3 Å². The summed E-state index contributed by atoms with van der Waals surface area (Å²) < 4.78 is 0. The minimum Gasteiger partial charge on any atom is -0.310 e. The maximum Gasteiger partial charge on any atom is 0.0291 e. The Morgan fingerprint density at radius 1 is 1.05 bits per heavy atom. The van der Waals surface area contributed by atoms with Crippen molar-refractivity contribution in [3.8, 4) is 0 Å². The molecule has 2 heteroatoms. The van der Waals surface area contributed by atoms with Gasteiger partial charge in [0.25, 0.3) is 0 Å². The minimum absolute atomic E-state index is 0.489. The van der Waals surface area contributed by atoms with Crippen LogP contribution in [-0.2, 0) is 12.8 Å². The first-order valence-corrected chi connectivity index (χ1v) is 10.0. The third-order valence-electron chi connectivity index (χ3n) is 4.60. The molecule has 0 heterocycles. The number of hydrogen-bond donors (Lipinski definition) is 1. The lowest BCUT2D eigenvalue weighted by Crippen LogP contribution is -2.20. The summed E-state index contributed by atoms with van der Waals surface area (Å²) in [4.78, 5) is 0. The molecule has 21 heavy (non-hydrogen) atoms. The maximum atomic E-state index is 3.69. The second-order valence-corrected chi connectivity index (χ2v) is 7.30. The first kappa shape index (κ1) is 16.9. The summed E-state index contributed by atoms with van der Waals surface area (Å²) in [6.45, 7) is 3.45. The molecular formula is C19H31NS. The molecule has 0 fully saturated rings. The van der Waals surface area contributed by atoms with E-state index >= 15 is 0 Å². The normalized spacial score (nSPS) is 15.7. The van der Waals surface area contributed by atoms with Crippen LogP contribution < -0.4 is 5.32 Å². The number of hydrogen-bond acceptors (Lipinski definition) is 2. The number of thioether (sulfide) groups is 1. The van der Waals surface area contributed by atoms with E-state index in [0.29, 0.717) is 6.04 Å². The highest BCUT2D eigenvalue weighted by Crippen LogP contribution is 2.24. The number of unbranched alkanes of at least 4 members (excludes halogenated alkanes) is 3. The van der Waals surface area contributed by atoms with Gasteiger partial charge in [-0.1, -0.05) is 31.0 Å². The van der Waals surface area contributed by atoms with Gasteiger partial charge in [0.2, 0.25) is 0 Å². The Kier molecular flexibility index (Phi) is 7.66. The maximum absolute atomic E-state index is 3.69. The lowest BCUT2D eigenvalue weighted by molar-refractivity contribution is 0.536. The van der Waals surface area contributed by atoms with Gasteiger partial charge < -0.3 is 5.32 Å². The summed E-state index contributed by atoms with van der Waals surface area (Å²) >= 11 is 1.96. The molecule has 0 aliphatic heterocycles. The molecule has 118 valence electrons. The van der Waals surface area contributed by atoms with Crippen molar-refractivity contribution in [2.75, 3.05) is 18.6 Å². The third-order valence-corrected chi connectivity index (χ3v) is 5.30. The summed E-state index contributed by atoms with van der Waals surface area (Å²) in [5.41, 5.74) is 4.66. The molecule has 1 aromatic rings. The first-order valence-electron chi connectivity index (χ1n) is 8.65. The monoisotopic (exact) mass is 305 g/mol. The largest absolute Gasteiger partial charge is 0.310 e. The zero-order valence-corrected chi connectivity index (χ0v) is 14.6. The summed E-state index contributed by atoms with van der Waals surface area (Å²) in [5, 5.41) is 3.69. The van der Waals surface area contributed by atoms with Crippen LogP contribution in [0.15, 0.2) is 18.2 Å². The molecule has 0 saturated heterocycles. The van der Waals surface area contributed by atoms with Crippen molar-refractivity contribution >= 4 is 11.8 Å². The molecule has 0 spiro atoms. The molecule has 1 unspecified atom stereocenters. The molecule has 0 aromatic heterocycles. The lowest BCUT2D eigenvalue weighted by atomic mass is 9.89. The molecule has 0 saturated carbocycles. The molecule has 1 aromatic carbocycles. The van der Waals surface area contributed by atoms with Gasteiger partial charge in [0.05, 0.1) is 0 Å². The Bertz CT molecular complexity index is 416. The van der Waals surface area contributed by atoms with Gasteiger partial charge in [0.1, 0.15) is 0 Å². The van der Waals surface area contributed by atoms with Crippen LogP contribution in [0.4, 0.5) is 0 Å². The summed E-state index contributed by atoms with van der Waals surface area (Å²) in [5.74, 6) is 1.32. The fraction of sp³-hybridized carbons (Fsp3) is 0.684. The topological polar surface area (TPSA) is 12.0 Å². The van der Waals surface area contributed by atoms with Crippen molar-refractivity contribution in [3.05, 3.63) is 34.9 Å². The van der Waals surface area contributed by atoms with E-state index in [2.05, 4.69) is 36.7 Å². The molecule has 1 atom stereocenters. The number of rotatable bonds is 9. The second-order valence-electron chi connectivity index (χ2n) is 6.32. The molecule has 0 radical (unpaired) electrons. The van der Waals surface area contributed by atoms with Crippen LogP contribution >= 0.6 is 11.8 Å². The molecule has 2 rings (SSSR count). The lowest BCUT2D eigenvalue weighted by Gasteiger charge is -2.20. The summed E-state index contributed by atoms with van der Waals surface area (Å²) in [6.07, 6.45) is 12.9. The predicted octanol–water partition coefficient (Wildman–Crippen LogP) is 5.14. The average molecular weight is 306 g/mol. The minimum atomic E-state index is 0.489. The van der Waals surface area contributed by atoms with E-state index in [1.54, 1.807) is 11.1 Å². The fourth-order valence-electron chi connectivity index (χ4n) is 3.18. The summed E-state index contributed by atoms with van der Waals surface area (Å²) in [6, 6.07) is 7.64. The Morgan fingerprint density at radius 3 is 2.62 bits per heavy atom. The van der Waals surface area contributed by atoms with Crippen LogP contribution in [0.25, 0.3) is 0 Å². The highest BCUT2D eigenvalue weighted by molar-refractivity contribution is 7.98. The van der Waals surface area contributed by atoms with Gasteiger partial charge in [-0.2, -0.15) is 11.8 Å². The molecule has 1 nitrogen and oxygen atoms in total. The quantitative estimate of drug-likeness (QED) is 0.634. The molecule has 0 bridgehead atoms. The van der Waals surface area contributed by atoms with Gasteiger partial charge >= 0.3 is 0 Å². The number of fused-ring (bicyclic) bond motifs is 1. The van der Waals surface area contributed by atoms with Gasteiger partial charge in [-0.15, -0.1) is 0 Å². The fourth-order valence-corrected chi connectivity index (χ4v) is 3.68. The first-order chi connectivity index (χ1) is 10.3. The van der Waals surface area contributed by atoms with Crippen molar-refractivity contribution in [2.24, 2.45) is 0 Å². The van der Waals surface area contributed by atoms with E-state index in [-0.39, 0.29) is 0 Å². The molecule has 1 N–H and O–H groups in total. The SMILES string of the molecule is CSCCCCCCNC(C)c1ccc2c(c1)CCCC2. The molecule has 0 amide bonds. The van der Waals surface area contributed by atoms with Crippen molar-refractivity contribution in [1.29, 1.82) is 0 Å². The van der Waals surface area contributed by atoms with Crippen LogP contribution in [0.2, 0.25) is 0 Å². The Labute approximate surface area is 135 Å². The van der Waals surface area contributed by atoms with E-state index in [9.17, 15) is 0 Å². The van der Waals surface area contributed by atoms with E-state index in [4.69, 9.17) is 0 Å². The van der Waals surface area contributed by atoms with Gasteiger partial charge in [0.15, 0.2) is 0 Å². The van der Waals surface area contributed by atoms with Crippen LogP contribution in [-0.4, -0.2) is 18.6 Å². The van der Waals surface area contributed by atoms with E-state index in [0.717, 1.165) is 6.54 Å². The average Bonchev–Trinajstić information content (AvgIpc) is 2.53. The van der Waals surface area contributed by atoms with E-state index in [1.165, 1.54) is 62.7 Å². The summed E-state index contributed by atoms with van der Waals surface area (Å²) in [7, 11) is 0. The predicted molar refractivity (Wildman–Crippen MR) is 96.4 cm³/mol. The molecule has 1 aliphatic carbocycles. The number of aryl methyl sites for hydroxylation is 2. The Balaban J connectivity index is 1.69. The van der Waals surface area contributed by atoms with Gasteiger partial charge in [-0.3, -0.25) is 0 Å². The zero-order valence-electron chi connectivity index (χ0n) is 13.8. The standard InChI is InChI=1S/C19H31NS/c1-16(20-13-7-3-4-8-14-21-2)18-12-11-17-9-5-6-10-19(17)15-18/h11-12,15-16,20H,3-10,13-14H2,1-2H3. The van der Waals surface area contributed by atoms with Gasteiger partial charge in [0, 0.05) is 6.04 Å². The highest BCUT2D eigenvalue weighted by Gasteiger charge is 2.11. The van der Waals surface area contributed by atoms with Gasteiger partial charge in [-0.05, 0) is 80.7 Å². The van der Waals surface area contributed by atoms with Gasteiger partial charge in [-0.25, -0.2) is 0 Å². The smallest absolute Gasteiger partial charge is 0.0291 e. The number of nitrogens with one attached hydrogen (secondary N) is 1. The molecular weight excluding hydrogens is 274 g/mol. The van der Waals surface area contributed by atoms with Crippen LogP contribution in [0.3, 0.4) is 0 Å². The van der Waals surface area contributed by atoms with Crippen molar-refractivity contribution < 1.29 is 0 Å². The van der Waals surface area contributed by atoms with Crippen molar-refractivity contribution in [3.63, 3.8) is 0 Å². The second kappa shape index (κ2) is 9.53. The Morgan fingerprint density at radius 2 is 1.81 bits per heavy atom. The van der Waals surface area contributed by atoms with E-state index < -0.39 is 0 Å². The van der Waals surface area contributed by atoms with Crippen LogP contribution in [0.1, 0.15) is 68.2 Å². The van der Waals surface area contributed by atoms with Crippen LogP contribution in [0.5, 0.6) is 0 Å². The highest BCUT2D eigenvalue weighted by atomic mass is 32.2. The molecule has 1 aliphatic rings. The number of benzene rings is 1. The van der Waals surface area contributed by atoms with Crippen molar-refractivity contribution in [1.82, 2.24) is 5.32 Å². The van der Waals surface area contributed by atoms with Crippen LogP contribution in [0, 0.1) is 0 Å². The van der Waals surface area contributed by atoms with E-state index in [1.807, 2.05) is 11.8 Å². The third kappa shape index (κ3) is 5.67. The zero-order chi connectivity index (χ0) is 14.9. The Hall–Kier alpha value is -0.470.